The van der Waals surface area contributed by atoms with E-state index in [2.05, 4.69) is 12.6 Å². The van der Waals surface area contributed by atoms with Gasteiger partial charge in [-0.3, -0.25) is 9.36 Å². The molecule has 0 spiro atoms. The second-order valence-electron chi connectivity index (χ2n) is 3.15. The summed E-state index contributed by atoms with van der Waals surface area (Å²) in [5.41, 5.74) is 6.93. The van der Waals surface area contributed by atoms with Crippen LogP contribution in [0.15, 0.2) is 52.3 Å². The molecule has 0 saturated heterocycles. The van der Waals surface area contributed by atoms with Crippen molar-refractivity contribution < 1.29 is 0 Å². The molecule has 2 N–H and O–H groups in total. The predicted molar refractivity (Wildman–Crippen MR) is 63.7 cm³/mol. The van der Waals surface area contributed by atoms with E-state index in [0.29, 0.717) is 10.6 Å². The van der Waals surface area contributed by atoms with Crippen molar-refractivity contribution in [3.05, 3.63) is 52.9 Å². The SMILES string of the molecule is Nc1ccc(-n2ccccc2=O)cc1S. The Balaban J connectivity index is 2.60. The van der Waals surface area contributed by atoms with Crippen LogP contribution in [0.4, 0.5) is 5.69 Å². The molecule has 0 fully saturated rings. The first kappa shape index (κ1) is 9.86. The van der Waals surface area contributed by atoms with E-state index < -0.39 is 0 Å². The van der Waals surface area contributed by atoms with Crippen molar-refractivity contribution in [1.29, 1.82) is 0 Å². The minimum absolute atomic E-state index is 0.0741. The van der Waals surface area contributed by atoms with Crippen LogP contribution in [0.1, 0.15) is 0 Å². The molecule has 0 aliphatic carbocycles. The number of rotatable bonds is 1. The average Bonchev–Trinajstić information content (AvgIpc) is 2.23. The molecule has 1 aromatic carbocycles. The van der Waals surface area contributed by atoms with Gasteiger partial charge in [0.25, 0.3) is 5.56 Å². The van der Waals surface area contributed by atoms with Gasteiger partial charge in [-0.1, -0.05) is 6.07 Å². The molecule has 2 rings (SSSR count). The van der Waals surface area contributed by atoms with Crippen LogP contribution < -0.4 is 11.3 Å². The van der Waals surface area contributed by atoms with Crippen molar-refractivity contribution in [2.45, 2.75) is 4.90 Å². The van der Waals surface area contributed by atoms with Crippen LogP contribution in [0.5, 0.6) is 0 Å². The number of hydrogen-bond acceptors (Lipinski definition) is 3. The van der Waals surface area contributed by atoms with E-state index in [4.69, 9.17) is 5.73 Å². The minimum atomic E-state index is -0.0741. The van der Waals surface area contributed by atoms with Crippen molar-refractivity contribution in [1.82, 2.24) is 4.57 Å². The summed E-state index contributed by atoms with van der Waals surface area (Å²) in [6, 6.07) is 10.3. The summed E-state index contributed by atoms with van der Waals surface area (Å²) < 4.78 is 1.54. The fourth-order valence-electron chi connectivity index (χ4n) is 1.32. The second-order valence-corrected chi connectivity index (χ2v) is 3.63. The van der Waals surface area contributed by atoms with Gasteiger partial charge in [0.2, 0.25) is 0 Å². The molecule has 1 aromatic heterocycles. The Morgan fingerprint density at radius 2 is 2.00 bits per heavy atom. The maximum atomic E-state index is 11.5. The molecule has 0 saturated carbocycles. The van der Waals surface area contributed by atoms with Gasteiger partial charge in [-0.2, -0.15) is 0 Å². The standard InChI is InChI=1S/C11H10N2OS/c12-9-5-4-8(7-10(9)15)13-6-2-1-3-11(13)14/h1-7,15H,12H2. The average molecular weight is 218 g/mol. The number of anilines is 1. The van der Waals surface area contributed by atoms with Gasteiger partial charge in [-0.05, 0) is 24.3 Å². The number of aromatic nitrogens is 1. The molecule has 2 aromatic rings. The minimum Gasteiger partial charge on any atom is -0.398 e. The number of pyridine rings is 1. The molecular formula is C11H10N2OS. The summed E-state index contributed by atoms with van der Waals surface area (Å²) in [6.45, 7) is 0. The maximum absolute atomic E-state index is 11.5. The van der Waals surface area contributed by atoms with E-state index in [1.165, 1.54) is 6.07 Å². The van der Waals surface area contributed by atoms with Crippen molar-refractivity contribution in [3.8, 4) is 5.69 Å². The van der Waals surface area contributed by atoms with E-state index >= 15 is 0 Å². The van der Waals surface area contributed by atoms with Crippen molar-refractivity contribution in [3.63, 3.8) is 0 Å². The lowest BCUT2D eigenvalue weighted by molar-refractivity contribution is 0.985. The van der Waals surface area contributed by atoms with Crippen molar-refractivity contribution in [2.75, 3.05) is 5.73 Å². The molecule has 15 heavy (non-hydrogen) atoms. The molecule has 0 amide bonds. The zero-order chi connectivity index (χ0) is 10.8. The molecule has 76 valence electrons. The first-order valence-electron chi connectivity index (χ1n) is 4.45. The predicted octanol–water partition coefficient (Wildman–Crippen LogP) is 1.71. The van der Waals surface area contributed by atoms with Gasteiger partial charge in [0, 0.05) is 28.5 Å². The summed E-state index contributed by atoms with van der Waals surface area (Å²) in [5.74, 6) is 0. The molecule has 0 bridgehead atoms. The summed E-state index contributed by atoms with van der Waals surface area (Å²) in [6.07, 6.45) is 1.71. The van der Waals surface area contributed by atoms with Crippen molar-refractivity contribution in [2.24, 2.45) is 0 Å². The van der Waals surface area contributed by atoms with Gasteiger partial charge >= 0.3 is 0 Å². The molecule has 0 aliphatic rings. The van der Waals surface area contributed by atoms with Gasteiger partial charge in [-0.15, -0.1) is 12.6 Å². The van der Waals surface area contributed by atoms with Crippen LogP contribution in [0.25, 0.3) is 5.69 Å². The zero-order valence-corrected chi connectivity index (χ0v) is 8.82. The topological polar surface area (TPSA) is 48.0 Å². The number of thiol groups is 1. The Bertz CT molecular complexity index is 548. The lowest BCUT2D eigenvalue weighted by atomic mass is 10.2. The summed E-state index contributed by atoms with van der Waals surface area (Å²) >= 11 is 4.21. The number of nitrogen functional groups attached to an aromatic ring is 1. The number of nitrogens with two attached hydrogens (primary N) is 1. The van der Waals surface area contributed by atoms with Crippen LogP contribution in [0.2, 0.25) is 0 Å². The van der Waals surface area contributed by atoms with E-state index in [1.54, 1.807) is 41.1 Å². The number of nitrogens with zero attached hydrogens (tertiary/aromatic N) is 1. The van der Waals surface area contributed by atoms with E-state index in [0.717, 1.165) is 5.69 Å². The highest BCUT2D eigenvalue weighted by molar-refractivity contribution is 7.80. The van der Waals surface area contributed by atoms with E-state index in [-0.39, 0.29) is 5.56 Å². The number of benzene rings is 1. The normalized spacial score (nSPS) is 10.2. The van der Waals surface area contributed by atoms with Gasteiger partial charge in [0.1, 0.15) is 0 Å². The third kappa shape index (κ3) is 1.89. The fraction of sp³-hybridized carbons (Fsp3) is 0. The van der Waals surface area contributed by atoms with Gasteiger partial charge in [0.15, 0.2) is 0 Å². The van der Waals surface area contributed by atoms with E-state index in [9.17, 15) is 4.79 Å². The van der Waals surface area contributed by atoms with Crippen LogP contribution >= 0.6 is 12.6 Å². The largest absolute Gasteiger partial charge is 0.398 e. The van der Waals surface area contributed by atoms with E-state index in [1.807, 2.05) is 0 Å². The Hall–Kier alpha value is -1.68. The molecule has 0 radical (unpaired) electrons. The third-order valence-corrected chi connectivity index (χ3v) is 2.50. The van der Waals surface area contributed by atoms with Gasteiger partial charge in [-0.25, -0.2) is 0 Å². The maximum Gasteiger partial charge on any atom is 0.255 e. The molecule has 4 heteroatoms. The Morgan fingerprint density at radius 3 is 2.67 bits per heavy atom. The quantitative estimate of drug-likeness (QED) is 0.565. The molecule has 3 nitrogen and oxygen atoms in total. The Labute approximate surface area is 92.6 Å². The smallest absolute Gasteiger partial charge is 0.255 e. The highest BCUT2D eigenvalue weighted by Crippen LogP contribution is 2.19. The van der Waals surface area contributed by atoms with Crippen LogP contribution in [0, 0.1) is 0 Å². The Morgan fingerprint density at radius 1 is 1.20 bits per heavy atom. The van der Waals surface area contributed by atoms with Gasteiger partial charge in [0.05, 0.1) is 0 Å². The lowest BCUT2D eigenvalue weighted by Crippen LogP contribution is -2.15. The fourth-order valence-corrected chi connectivity index (χ4v) is 1.53. The second kappa shape index (κ2) is 3.82. The molecular weight excluding hydrogens is 208 g/mol. The van der Waals surface area contributed by atoms with Crippen LogP contribution in [0.3, 0.4) is 0 Å². The van der Waals surface area contributed by atoms with Crippen LogP contribution in [-0.4, -0.2) is 4.57 Å². The summed E-state index contributed by atoms with van der Waals surface area (Å²) in [4.78, 5) is 12.2. The molecule has 0 aliphatic heterocycles. The van der Waals surface area contributed by atoms with Crippen LogP contribution in [-0.2, 0) is 0 Å². The molecule has 1 heterocycles. The Kier molecular flexibility index (Phi) is 2.51. The molecule has 0 atom stereocenters. The zero-order valence-electron chi connectivity index (χ0n) is 7.92. The first-order valence-corrected chi connectivity index (χ1v) is 4.90. The molecule has 0 unspecified atom stereocenters. The number of hydrogen-bond donors (Lipinski definition) is 2. The summed E-state index contributed by atoms with van der Waals surface area (Å²) in [5, 5.41) is 0. The van der Waals surface area contributed by atoms with Gasteiger partial charge < -0.3 is 5.73 Å². The van der Waals surface area contributed by atoms with Crippen molar-refractivity contribution >= 4 is 18.3 Å². The third-order valence-electron chi connectivity index (χ3n) is 2.11. The highest BCUT2D eigenvalue weighted by Gasteiger charge is 2.00. The summed E-state index contributed by atoms with van der Waals surface area (Å²) in [7, 11) is 0. The first-order chi connectivity index (χ1) is 7.18. The monoisotopic (exact) mass is 218 g/mol. The lowest BCUT2D eigenvalue weighted by Gasteiger charge is -2.06. The highest BCUT2D eigenvalue weighted by atomic mass is 32.1.